The molecule has 1 heterocycles. The molecule has 0 radical (unpaired) electrons. The lowest BCUT2D eigenvalue weighted by Gasteiger charge is -2.02. The van der Waals surface area contributed by atoms with Crippen molar-refractivity contribution < 1.29 is 22.4 Å². The van der Waals surface area contributed by atoms with E-state index in [1.807, 2.05) is 6.92 Å². The van der Waals surface area contributed by atoms with E-state index in [0.717, 1.165) is 6.42 Å². The van der Waals surface area contributed by atoms with Crippen molar-refractivity contribution in [3.8, 4) is 0 Å². The van der Waals surface area contributed by atoms with Crippen LogP contribution in [-0.2, 0) is 11.2 Å². The number of carbonyl (C=O) groups is 1. The van der Waals surface area contributed by atoms with Crippen LogP contribution in [0.3, 0.4) is 0 Å². The summed E-state index contributed by atoms with van der Waals surface area (Å²) in [5, 5.41) is 0. The van der Waals surface area contributed by atoms with E-state index in [0.29, 0.717) is 17.6 Å². The van der Waals surface area contributed by atoms with Gasteiger partial charge in [0.2, 0.25) is 5.78 Å². The van der Waals surface area contributed by atoms with Crippen LogP contribution in [-0.4, -0.2) is 12.0 Å². The van der Waals surface area contributed by atoms with Gasteiger partial charge in [-0.2, -0.15) is 13.2 Å². The van der Waals surface area contributed by atoms with Gasteiger partial charge in [-0.05, 0) is 24.5 Å². The van der Waals surface area contributed by atoms with Crippen LogP contribution in [0.25, 0.3) is 0 Å². The van der Waals surface area contributed by atoms with Crippen molar-refractivity contribution >= 4 is 5.78 Å². The number of ketones is 1. The SMILES string of the molecule is CC1CC1c1ccc(CC(=O)C(F)(F)F)o1. The minimum absolute atomic E-state index is 0.0939. The van der Waals surface area contributed by atoms with Crippen LogP contribution in [0.15, 0.2) is 16.5 Å². The minimum atomic E-state index is -4.78. The van der Waals surface area contributed by atoms with Gasteiger partial charge in [0, 0.05) is 5.92 Å². The van der Waals surface area contributed by atoms with Crippen molar-refractivity contribution in [2.24, 2.45) is 5.92 Å². The van der Waals surface area contributed by atoms with Gasteiger partial charge in [0.1, 0.15) is 11.5 Å². The van der Waals surface area contributed by atoms with Crippen LogP contribution < -0.4 is 0 Å². The topological polar surface area (TPSA) is 30.2 Å². The molecule has 2 atom stereocenters. The van der Waals surface area contributed by atoms with Crippen molar-refractivity contribution in [2.75, 3.05) is 0 Å². The maximum Gasteiger partial charge on any atom is 0.450 e. The first-order chi connectivity index (χ1) is 7.38. The number of carbonyl (C=O) groups excluding carboxylic acids is 1. The summed E-state index contributed by atoms with van der Waals surface area (Å²) in [5.74, 6) is -0.141. The van der Waals surface area contributed by atoms with Gasteiger partial charge in [-0.25, -0.2) is 0 Å². The van der Waals surface area contributed by atoms with Gasteiger partial charge >= 0.3 is 6.18 Å². The van der Waals surface area contributed by atoms with E-state index in [4.69, 9.17) is 4.42 Å². The molecule has 5 heteroatoms. The number of furan rings is 1. The highest BCUT2D eigenvalue weighted by Gasteiger charge is 2.39. The summed E-state index contributed by atoms with van der Waals surface area (Å²) in [6, 6.07) is 3.11. The Morgan fingerprint density at radius 1 is 1.50 bits per heavy atom. The van der Waals surface area contributed by atoms with Gasteiger partial charge in [-0.15, -0.1) is 0 Å². The highest BCUT2D eigenvalue weighted by atomic mass is 19.4. The van der Waals surface area contributed by atoms with Crippen LogP contribution >= 0.6 is 0 Å². The quantitative estimate of drug-likeness (QED) is 0.801. The molecule has 2 unspecified atom stereocenters. The molecule has 0 spiro atoms. The molecule has 0 saturated heterocycles. The molecule has 0 amide bonds. The van der Waals surface area contributed by atoms with E-state index < -0.39 is 18.4 Å². The smallest absolute Gasteiger partial charge is 0.450 e. The summed E-state index contributed by atoms with van der Waals surface area (Å²) in [6.07, 6.45) is -4.48. The number of alkyl halides is 3. The molecule has 0 aliphatic heterocycles. The zero-order valence-corrected chi connectivity index (χ0v) is 8.67. The van der Waals surface area contributed by atoms with Crippen LogP contribution in [0.4, 0.5) is 13.2 Å². The van der Waals surface area contributed by atoms with E-state index in [9.17, 15) is 18.0 Å². The summed E-state index contributed by atoms with van der Waals surface area (Å²) < 4.78 is 41.2. The largest absolute Gasteiger partial charge is 0.465 e. The molecule has 2 nitrogen and oxygen atoms in total. The number of rotatable bonds is 3. The van der Waals surface area contributed by atoms with Crippen LogP contribution in [0.1, 0.15) is 30.8 Å². The maximum absolute atomic E-state index is 12.0. The molecule has 1 fully saturated rings. The van der Waals surface area contributed by atoms with Crippen molar-refractivity contribution in [3.05, 3.63) is 23.7 Å². The molecule has 0 aromatic carbocycles. The first kappa shape index (κ1) is 11.2. The molecule has 1 aromatic heterocycles. The summed E-state index contributed by atoms with van der Waals surface area (Å²) in [7, 11) is 0. The Bertz CT molecular complexity index is 406. The molecule has 88 valence electrons. The van der Waals surface area contributed by atoms with Crippen molar-refractivity contribution in [3.63, 3.8) is 0 Å². The van der Waals surface area contributed by atoms with E-state index in [2.05, 4.69) is 0 Å². The van der Waals surface area contributed by atoms with Crippen molar-refractivity contribution in [2.45, 2.75) is 31.9 Å². The Labute approximate surface area is 90.4 Å². The molecule has 0 bridgehead atoms. The molecule has 1 saturated carbocycles. The van der Waals surface area contributed by atoms with E-state index >= 15 is 0 Å². The Morgan fingerprint density at radius 2 is 2.12 bits per heavy atom. The van der Waals surface area contributed by atoms with Crippen LogP contribution in [0.2, 0.25) is 0 Å². The molecule has 0 N–H and O–H groups in total. The molecule has 1 aromatic rings. The average Bonchev–Trinajstić information content (AvgIpc) is 2.72. The van der Waals surface area contributed by atoms with Gasteiger partial charge in [0.05, 0.1) is 6.42 Å². The van der Waals surface area contributed by atoms with E-state index in [1.54, 1.807) is 6.07 Å². The molecular weight excluding hydrogens is 221 g/mol. The third-order valence-corrected chi connectivity index (χ3v) is 2.81. The van der Waals surface area contributed by atoms with E-state index in [1.165, 1.54) is 6.07 Å². The predicted molar refractivity (Wildman–Crippen MR) is 50.0 cm³/mol. The fourth-order valence-corrected chi connectivity index (χ4v) is 1.67. The Morgan fingerprint density at radius 3 is 2.62 bits per heavy atom. The monoisotopic (exact) mass is 232 g/mol. The lowest BCUT2D eigenvalue weighted by Crippen LogP contribution is -2.24. The minimum Gasteiger partial charge on any atom is -0.465 e. The van der Waals surface area contributed by atoms with Gasteiger partial charge < -0.3 is 4.42 Å². The summed E-state index contributed by atoms with van der Waals surface area (Å²) in [4.78, 5) is 10.7. The normalized spacial score (nSPS) is 24.5. The summed E-state index contributed by atoms with van der Waals surface area (Å²) in [5.41, 5.74) is 0. The lowest BCUT2D eigenvalue weighted by molar-refractivity contribution is -0.170. The molecular formula is C11H11F3O2. The van der Waals surface area contributed by atoms with Gasteiger partial charge in [-0.3, -0.25) is 4.79 Å². The van der Waals surface area contributed by atoms with E-state index in [-0.39, 0.29) is 5.76 Å². The Kier molecular flexibility index (Phi) is 2.56. The van der Waals surface area contributed by atoms with Crippen LogP contribution in [0, 0.1) is 5.92 Å². The van der Waals surface area contributed by atoms with Crippen molar-refractivity contribution in [1.29, 1.82) is 0 Å². The second kappa shape index (κ2) is 3.64. The fraction of sp³-hybridized carbons (Fsp3) is 0.545. The third-order valence-electron chi connectivity index (χ3n) is 2.81. The third kappa shape index (κ3) is 2.28. The van der Waals surface area contributed by atoms with Gasteiger partial charge in [0.15, 0.2) is 0 Å². The highest BCUT2D eigenvalue weighted by molar-refractivity contribution is 5.85. The zero-order chi connectivity index (χ0) is 11.9. The number of hydrogen-bond acceptors (Lipinski definition) is 2. The maximum atomic E-state index is 12.0. The second-order valence-corrected chi connectivity index (χ2v) is 4.22. The summed E-state index contributed by atoms with van der Waals surface area (Å²) in [6.45, 7) is 2.05. The number of halogens is 3. The molecule has 1 aliphatic carbocycles. The lowest BCUT2D eigenvalue weighted by atomic mass is 10.2. The Balaban J connectivity index is 2.00. The molecule has 1 aliphatic rings. The Hall–Kier alpha value is -1.26. The van der Waals surface area contributed by atoms with Gasteiger partial charge in [0.25, 0.3) is 0 Å². The van der Waals surface area contributed by atoms with Crippen LogP contribution in [0.5, 0.6) is 0 Å². The zero-order valence-electron chi connectivity index (χ0n) is 8.67. The standard InChI is InChI=1S/C11H11F3O2/c1-6-4-8(6)9-3-2-7(16-9)5-10(15)11(12,13)14/h2-3,6,8H,4-5H2,1H3. The molecule has 16 heavy (non-hydrogen) atoms. The summed E-state index contributed by atoms with van der Waals surface area (Å²) >= 11 is 0. The second-order valence-electron chi connectivity index (χ2n) is 4.22. The highest BCUT2D eigenvalue weighted by Crippen LogP contribution is 2.47. The predicted octanol–water partition coefficient (Wildman–Crippen LogP) is 3.08. The molecule has 2 rings (SSSR count). The first-order valence-corrected chi connectivity index (χ1v) is 5.06. The number of hydrogen-bond donors (Lipinski definition) is 0. The van der Waals surface area contributed by atoms with Crippen molar-refractivity contribution in [1.82, 2.24) is 0 Å². The number of Topliss-reactive ketones (excluding diaryl/α,β-unsaturated/α-hetero) is 1. The average molecular weight is 232 g/mol. The first-order valence-electron chi connectivity index (χ1n) is 5.06. The fourth-order valence-electron chi connectivity index (χ4n) is 1.67. The van der Waals surface area contributed by atoms with Gasteiger partial charge in [-0.1, -0.05) is 6.92 Å².